The number of pyridine rings is 1. The summed E-state index contributed by atoms with van der Waals surface area (Å²) < 4.78 is 6.55. The predicted octanol–water partition coefficient (Wildman–Crippen LogP) is 3.36. The molecule has 2 aromatic carbocycles. The molecule has 1 unspecified atom stereocenters. The fraction of sp³-hybridized carbons (Fsp3) is 0.333. The van der Waals surface area contributed by atoms with Gasteiger partial charge in [-0.25, -0.2) is 0 Å². The molecular weight excluding hydrogens is 590 g/mol. The van der Waals surface area contributed by atoms with Crippen molar-refractivity contribution in [2.24, 2.45) is 4.99 Å². The molecule has 3 aliphatic heterocycles. The first-order chi connectivity index (χ1) is 19.8. The normalized spacial score (nSPS) is 17.8. The summed E-state index contributed by atoms with van der Waals surface area (Å²) in [5.74, 6) is 0.103. The fourth-order valence-corrected chi connectivity index (χ4v) is 6.01. The maximum Gasteiger partial charge on any atom is 0.261 e. The number of imide groups is 1. The van der Waals surface area contributed by atoms with Gasteiger partial charge in [0.15, 0.2) is 0 Å². The number of anilines is 1. The van der Waals surface area contributed by atoms with E-state index in [1.807, 2.05) is 25.2 Å². The summed E-state index contributed by atoms with van der Waals surface area (Å²) in [7, 11) is 2.04. The van der Waals surface area contributed by atoms with Crippen molar-refractivity contribution in [3.63, 3.8) is 0 Å². The maximum atomic E-state index is 13.3. The number of halogens is 1. The maximum absolute atomic E-state index is 13.3. The Hall–Kier alpha value is -3.80. The highest BCUT2D eigenvalue weighted by atomic mass is 79.9. The van der Waals surface area contributed by atoms with Gasteiger partial charge in [-0.1, -0.05) is 22.0 Å². The van der Waals surface area contributed by atoms with E-state index in [-0.39, 0.29) is 36.6 Å². The lowest BCUT2D eigenvalue weighted by atomic mass is 10.00. The SMILES string of the molecule is CN1CCC(N2C(=O)c3cc4c(cc3C2=O)N=C(c2c(NCC(O)COc3cccc(Br)c3)cc[nH]c2=O)C4)CC1. The molecule has 0 radical (unpaired) electrons. The molecule has 6 rings (SSSR count). The monoisotopic (exact) mass is 619 g/mol. The van der Waals surface area contributed by atoms with Crippen LogP contribution in [-0.2, 0) is 6.42 Å². The van der Waals surface area contributed by atoms with E-state index in [9.17, 15) is 19.5 Å². The third-order valence-corrected chi connectivity index (χ3v) is 8.29. The van der Waals surface area contributed by atoms with E-state index in [0.29, 0.717) is 45.9 Å². The third kappa shape index (κ3) is 5.44. The molecule has 0 aliphatic carbocycles. The predicted molar refractivity (Wildman–Crippen MR) is 159 cm³/mol. The minimum Gasteiger partial charge on any atom is -0.491 e. The van der Waals surface area contributed by atoms with Crippen LogP contribution in [0.15, 0.2) is 62.9 Å². The van der Waals surface area contributed by atoms with Crippen LogP contribution in [0.1, 0.15) is 44.7 Å². The molecule has 4 heterocycles. The summed E-state index contributed by atoms with van der Waals surface area (Å²) in [6.45, 7) is 1.91. The number of benzene rings is 2. The Labute approximate surface area is 245 Å². The lowest BCUT2D eigenvalue weighted by Gasteiger charge is -2.33. The largest absolute Gasteiger partial charge is 0.491 e. The van der Waals surface area contributed by atoms with Crippen molar-refractivity contribution in [1.82, 2.24) is 14.8 Å². The van der Waals surface area contributed by atoms with Crippen LogP contribution in [0.3, 0.4) is 0 Å². The zero-order chi connectivity index (χ0) is 28.7. The van der Waals surface area contributed by atoms with Crippen LogP contribution >= 0.6 is 15.9 Å². The molecule has 10 nitrogen and oxygen atoms in total. The third-order valence-electron chi connectivity index (χ3n) is 7.80. The van der Waals surface area contributed by atoms with Crippen LogP contribution in [0, 0.1) is 0 Å². The summed E-state index contributed by atoms with van der Waals surface area (Å²) in [6, 6.07) is 12.4. The van der Waals surface area contributed by atoms with Crippen LogP contribution in [0.5, 0.6) is 5.75 Å². The summed E-state index contributed by atoms with van der Waals surface area (Å²) >= 11 is 3.39. The summed E-state index contributed by atoms with van der Waals surface area (Å²) in [6.07, 6.45) is 2.57. The van der Waals surface area contributed by atoms with E-state index >= 15 is 0 Å². The molecule has 1 saturated heterocycles. The van der Waals surface area contributed by atoms with Gasteiger partial charge in [-0.2, -0.15) is 0 Å². The van der Waals surface area contributed by atoms with Gasteiger partial charge in [0.05, 0.1) is 33.8 Å². The molecule has 3 aromatic rings. The number of likely N-dealkylation sites (tertiary alicyclic amines) is 1. The molecule has 2 amide bonds. The van der Waals surface area contributed by atoms with Crippen molar-refractivity contribution in [1.29, 1.82) is 0 Å². The number of nitrogens with one attached hydrogen (secondary N) is 2. The number of hydrogen-bond donors (Lipinski definition) is 3. The lowest BCUT2D eigenvalue weighted by molar-refractivity contribution is 0.0516. The number of H-pyrrole nitrogens is 1. The first-order valence-electron chi connectivity index (χ1n) is 13.6. The quantitative estimate of drug-likeness (QED) is 0.330. The number of carbonyl (C=O) groups excluding carboxylic acids is 2. The van der Waals surface area contributed by atoms with Gasteiger partial charge >= 0.3 is 0 Å². The Balaban J connectivity index is 1.18. The smallest absolute Gasteiger partial charge is 0.261 e. The number of aliphatic imine (C=N–C) groups is 1. The van der Waals surface area contributed by atoms with E-state index in [2.05, 4.69) is 31.1 Å². The highest BCUT2D eigenvalue weighted by Gasteiger charge is 2.42. The van der Waals surface area contributed by atoms with Gasteiger partial charge in [0.25, 0.3) is 17.4 Å². The van der Waals surface area contributed by atoms with Gasteiger partial charge < -0.3 is 25.0 Å². The van der Waals surface area contributed by atoms with Crippen LogP contribution in [-0.4, -0.2) is 82.9 Å². The Morgan fingerprint density at radius 2 is 1.88 bits per heavy atom. The van der Waals surface area contributed by atoms with Crippen molar-refractivity contribution < 1.29 is 19.4 Å². The Morgan fingerprint density at radius 3 is 2.63 bits per heavy atom. The molecule has 3 N–H and O–H groups in total. The second kappa shape index (κ2) is 11.2. The van der Waals surface area contributed by atoms with Gasteiger partial charge in [-0.3, -0.25) is 24.3 Å². The van der Waals surface area contributed by atoms with Crippen molar-refractivity contribution in [2.75, 3.05) is 38.6 Å². The number of carbonyl (C=O) groups is 2. The van der Waals surface area contributed by atoms with E-state index in [0.717, 1.165) is 36.0 Å². The van der Waals surface area contributed by atoms with Gasteiger partial charge in [-0.05, 0) is 74.9 Å². The van der Waals surface area contributed by atoms with Gasteiger partial charge in [-0.15, -0.1) is 0 Å². The Bertz CT molecular complexity index is 1610. The Morgan fingerprint density at radius 1 is 1.12 bits per heavy atom. The summed E-state index contributed by atoms with van der Waals surface area (Å²) in [5.41, 5.74) is 3.23. The first kappa shape index (κ1) is 27.4. The number of hydrogen-bond acceptors (Lipinski definition) is 8. The van der Waals surface area contributed by atoms with Crippen LogP contribution in [0.2, 0.25) is 0 Å². The first-order valence-corrected chi connectivity index (χ1v) is 14.4. The molecule has 212 valence electrons. The zero-order valence-electron chi connectivity index (χ0n) is 22.5. The molecule has 0 bridgehead atoms. The lowest BCUT2D eigenvalue weighted by Crippen LogP contribution is -2.46. The summed E-state index contributed by atoms with van der Waals surface area (Å²) in [4.78, 5) is 50.6. The van der Waals surface area contributed by atoms with Crippen molar-refractivity contribution >= 4 is 44.8 Å². The van der Waals surface area contributed by atoms with E-state index in [1.54, 1.807) is 24.3 Å². The van der Waals surface area contributed by atoms with Crippen LogP contribution in [0.4, 0.5) is 11.4 Å². The van der Waals surface area contributed by atoms with E-state index < -0.39 is 6.10 Å². The topological polar surface area (TPSA) is 127 Å². The molecule has 1 atom stereocenters. The zero-order valence-corrected chi connectivity index (χ0v) is 24.1. The van der Waals surface area contributed by atoms with Crippen LogP contribution < -0.4 is 15.6 Å². The van der Waals surface area contributed by atoms with Crippen molar-refractivity contribution in [2.45, 2.75) is 31.4 Å². The van der Waals surface area contributed by atoms with Crippen LogP contribution in [0.25, 0.3) is 0 Å². The fourth-order valence-electron chi connectivity index (χ4n) is 5.63. The molecule has 3 aliphatic rings. The van der Waals surface area contributed by atoms with Gasteiger partial charge in [0, 0.05) is 29.7 Å². The number of aromatic nitrogens is 1. The minimum atomic E-state index is -0.837. The number of piperidine rings is 1. The van der Waals surface area contributed by atoms with Crippen molar-refractivity contribution in [3.05, 3.63) is 85.7 Å². The average Bonchev–Trinajstić information content (AvgIpc) is 3.47. The number of ether oxygens (including phenoxy) is 1. The number of aromatic amines is 1. The second-order valence-electron chi connectivity index (χ2n) is 10.7. The highest BCUT2D eigenvalue weighted by Crippen LogP contribution is 2.37. The molecule has 1 fully saturated rings. The number of aliphatic hydroxyl groups excluding tert-OH is 1. The Kier molecular flexibility index (Phi) is 7.50. The molecule has 0 saturated carbocycles. The van der Waals surface area contributed by atoms with Crippen molar-refractivity contribution in [3.8, 4) is 5.75 Å². The minimum absolute atomic E-state index is 0.0660. The molecule has 0 spiro atoms. The second-order valence-corrected chi connectivity index (χ2v) is 11.6. The molecule has 41 heavy (non-hydrogen) atoms. The molecule has 1 aromatic heterocycles. The number of rotatable bonds is 8. The van der Waals surface area contributed by atoms with E-state index in [1.165, 1.54) is 11.1 Å². The van der Waals surface area contributed by atoms with Gasteiger partial charge in [0.2, 0.25) is 0 Å². The number of amides is 2. The number of aliphatic hydroxyl groups is 1. The highest BCUT2D eigenvalue weighted by molar-refractivity contribution is 9.10. The number of nitrogens with zero attached hydrogens (tertiary/aromatic N) is 3. The standard InChI is InChI=1S/C30H30BrN5O5/c1-35-9-6-19(7-10-35)36-29(39)22-11-17-12-26(34-25(17)14-23(22)30(36)40)27-24(5-8-32-28(27)38)33-15-20(37)16-41-21-4-2-3-18(31)13-21/h2-5,8,11,13-14,19-20,37H,6-7,9-10,12,15-16H2,1H3,(H2,32,33,38). The van der Waals surface area contributed by atoms with E-state index in [4.69, 9.17) is 9.73 Å². The average molecular weight is 621 g/mol. The summed E-state index contributed by atoms with van der Waals surface area (Å²) in [5, 5.41) is 13.6. The number of fused-ring (bicyclic) bond motifs is 2. The van der Waals surface area contributed by atoms with Gasteiger partial charge in [0.1, 0.15) is 18.5 Å². The molecule has 11 heteroatoms. The molecular formula is C30H30BrN5O5.